The summed E-state index contributed by atoms with van der Waals surface area (Å²) in [4.78, 5) is 26.9. The monoisotopic (exact) mass is 511 g/mol. The maximum atomic E-state index is 11.9. The number of nitrogens with one attached hydrogen (secondary N) is 3. The van der Waals surface area contributed by atoms with Crippen molar-refractivity contribution in [2.75, 3.05) is 19.3 Å². The van der Waals surface area contributed by atoms with Crippen LogP contribution in [0.1, 0.15) is 54.4 Å². The molecule has 8 nitrogen and oxygen atoms in total. The lowest BCUT2D eigenvalue weighted by molar-refractivity contribution is -0.120. The number of allylic oxidation sites excluding steroid dienone is 5. The number of pyridine rings is 1. The Hall–Kier alpha value is -4.24. The molecule has 1 amide bonds. The van der Waals surface area contributed by atoms with Gasteiger partial charge in [0.15, 0.2) is 5.82 Å². The van der Waals surface area contributed by atoms with Gasteiger partial charge in [-0.05, 0) is 47.5 Å². The summed E-state index contributed by atoms with van der Waals surface area (Å²) in [7, 11) is 1.94. The lowest BCUT2D eigenvalue weighted by Crippen LogP contribution is -2.30. The number of aromatic amines is 1. The maximum absolute atomic E-state index is 11.9. The highest BCUT2D eigenvalue weighted by atomic mass is 32.1. The molecule has 9 heteroatoms. The Labute approximate surface area is 219 Å². The molecule has 4 heterocycles. The minimum absolute atomic E-state index is 0.0350. The van der Waals surface area contributed by atoms with Gasteiger partial charge in [-0.25, -0.2) is 9.97 Å². The molecule has 0 saturated heterocycles. The van der Waals surface area contributed by atoms with E-state index in [0.29, 0.717) is 35.9 Å². The first-order valence-corrected chi connectivity index (χ1v) is 13.0. The minimum atomic E-state index is -0.0350. The van der Waals surface area contributed by atoms with Crippen molar-refractivity contribution in [3.8, 4) is 0 Å². The van der Waals surface area contributed by atoms with Crippen molar-refractivity contribution in [3.63, 3.8) is 0 Å². The second kappa shape index (κ2) is 10.0. The quantitative estimate of drug-likeness (QED) is 0.363. The number of hydrogen-bond donors (Lipinski definition) is 4. The molecule has 0 atom stereocenters. The van der Waals surface area contributed by atoms with Gasteiger partial charge in [-0.2, -0.15) is 11.3 Å². The molecule has 1 aliphatic heterocycles. The van der Waals surface area contributed by atoms with Crippen molar-refractivity contribution in [1.29, 1.82) is 5.41 Å². The summed E-state index contributed by atoms with van der Waals surface area (Å²) in [6.07, 6.45) is 9.23. The van der Waals surface area contributed by atoms with E-state index in [4.69, 9.17) is 21.1 Å². The molecular formula is C28H29N7OS. The van der Waals surface area contributed by atoms with Crippen molar-refractivity contribution in [3.05, 3.63) is 98.8 Å². The molecule has 0 unspecified atom stereocenters. The average Bonchev–Trinajstić information content (AvgIpc) is 3.52. The van der Waals surface area contributed by atoms with Crippen molar-refractivity contribution < 1.29 is 4.79 Å². The Kier molecular flexibility index (Phi) is 6.62. The SMILES string of the molecule is CCC(=O)NC1=CC(c2ccc(N)c(C(=N)c3nc4c([nH]3)CC(C)=CC=C4c3ccsc3)n2)=CN(C)C1. The predicted octanol–water partition coefficient (Wildman–Crippen LogP) is 4.50. The van der Waals surface area contributed by atoms with Crippen LogP contribution in [0.2, 0.25) is 0 Å². The molecule has 0 spiro atoms. The normalized spacial score (nSPS) is 15.2. The van der Waals surface area contributed by atoms with Gasteiger partial charge in [-0.3, -0.25) is 10.2 Å². The van der Waals surface area contributed by atoms with Gasteiger partial charge in [0.1, 0.15) is 11.4 Å². The molecule has 188 valence electrons. The molecule has 3 aromatic rings. The van der Waals surface area contributed by atoms with Crippen molar-refractivity contribution >= 4 is 39.8 Å². The number of imidazole rings is 1. The zero-order chi connectivity index (χ0) is 26.1. The number of nitrogen functional groups attached to an aromatic ring is 1. The van der Waals surface area contributed by atoms with E-state index < -0.39 is 0 Å². The van der Waals surface area contributed by atoms with Crippen molar-refractivity contribution in [2.45, 2.75) is 26.7 Å². The first-order valence-electron chi connectivity index (χ1n) is 12.1. The molecule has 2 aliphatic rings. The number of amides is 1. The molecule has 0 saturated carbocycles. The molecule has 5 rings (SSSR count). The number of carbonyl (C=O) groups excluding carboxylic acids is 1. The molecule has 1 aliphatic carbocycles. The number of nitrogens with two attached hydrogens (primary N) is 1. The standard InChI is InChI=1S/C28H29N7OS/c1-4-24(36)31-19-12-18(13-35(3)14-19)22-8-7-21(29)27(32-22)25(30)28-33-23-11-16(2)5-6-20(26(23)34-28)17-9-10-37-15-17/h5-10,12-13,15,30H,4,11,14,29H2,1-3H3,(H,31,36)(H,33,34). The first kappa shape index (κ1) is 24.5. The average molecular weight is 512 g/mol. The number of rotatable bonds is 6. The number of H-pyrrole nitrogens is 1. The number of thiophene rings is 1. The van der Waals surface area contributed by atoms with E-state index in [9.17, 15) is 4.79 Å². The molecule has 0 fully saturated rings. The van der Waals surface area contributed by atoms with Crippen LogP contribution in [0.15, 0.2) is 64.7 Å². The lowest BCUT2D eigenvalue weighted by Gasteiger charge is -2.23. The van der Waals surface area contributed by atoms with E-state index in [1.54, 1.807) is 17.4 Å². The molecular weight excluding hydrogens is 482 g/mol. The minimum Gasteiger partial charge on any atom is -0.397 e. The van der Waals surface area contributed by atoms with Crippen LogP contribution in [0.5, 0.6) is 0 Å². The Morgan fingerprint density at radius 3 is 2.86 bits per heavy atom. The van der Waals surface area contributed by atoms with Gasteiger partial charge < -0.3 is 20.9 Å². The summed E-state index contributed by atoms with van der Waals surface area (Å²) in [5, 5.41) is 16.1. The lowest BCUT2D eigenvalue weighted by atomic mass is 10.0. The highest BCUT2D eigenvalue weighted by Gasteiger charge is 2.23. The van der Waals surface area contributed by atoms with Crippen molar-refractivity contribution in [2.24, 2.45) is 0 Å². The zero-order valence-corrected chi connectivity index (χ0v) is 21.9. The number of aromatic nitrogens is 3. The summed E-state index contributed by atoms with van der Waals surface area (Å²) in [5.41, 5.74) is 14.6. The number of fused-ring (bicyclic) bond motifs is 1. The summed E-state index contributed by atoms with van der Waals surface area (Å²) in [6, 6.07) is 5.67. The summed E-state index contributed by atoms with van der Waals surface area (Å²) < 4.78 is 0. The number of hydrogen-bond acceptors (Lipinski definition) is 7. The molecule has 0 aromatic carbocycles. The zero-order valence-electron chi connectivity index (χ0n) is 21.1. The highest BCUT2D eigenvalue weighted by molar-refractivity contribution is 7.08. The van der Waals surface area contributed by atoms with Crippen LogP contribution >= 0.6 is 11.3 Å². The fourth-order valence-corrected chi connectivity index (χ4v) is 5.08. The molecule has 3 aromatic heterocycles. The Morgan fingerprint density at radius 2 is 2.11 bits per heavy atom. The van der Waals surface area contributed by atoms with E-state index in [2.05, 4.69) is 40.8 Å². The van der Waals surface area contributed by atoms with Crippen LogP contribution in [0.25, 0.3) is 11.1 Å². The largest absolute Gasteiger partial charge is 0.397 e. The first-order chi connectivity index (χ1) is 17.8. The number of likely N-dealkylation sites (N-methyl/N-ethyl adjacent to an activating group) is 1. The second-order valence-electron chi connectivity index (χ2n) is 9.27. The number of nitrogens with zero attached hydrogens (tertiary/aromatic N) is 3. The molecule has 0 radical (unpaired) electrons. The van der Waals surface area contributed by atoms with Crippen LogP contribution in [-0.4, -0.2) is 45.1 Å². The highest BCUT2D eigenvalue weighted by Crippen LogP contribution is 2.31. The third-order valence-corrected chi connectivity index (χ3v) is 6.97. The van der Waals surface area contributed by atoms with E-state index >= 15 is 0 Å². The predicted molar refractivity (Wildman–Crippen MR) is 149 cm³/mol. The molecule has 37 heavy (non-hydrogen) atoms. The molecule has 0 bridgehead atoms. The van der Waals surface area contributed by atoms with Crippen molar-refractivity contribution in [1.82, 2.24) is 25.2 Å². The van der Waals surface area contributed by atoms with Gasteiger partial charge in [0.05, 0.1) is 23.6 Å². The molecule has 5 N–H and O–H groups in total. The Bertz CT molecular complexity index is 1500. The van der Waals surface area contributed by atoms with Crippen LogP contribution in [0.4, 0.5) is 5.69 Å². The van der Waals surface area contributed by atoms with E-state index in [0.717, 1.165) is 40.2 Å². The maximum Gasteiger partial charge on any atom is 0.223 e. The van der Waals surface area contributed by atoms with Gasteiger partial charge in [0.2, 0.25) is 5.91 Å². The van der Waals surface area contributed by atoms with E-state index in [1.807, 2.05) is 42.6 Å². The van der Waals surface area contributed by atoms with Gasteiger partial charge in [-0.1, -0.05) is 24.6 Å². The van der Waals surface area contributed by atoms with Crippen LogP contribution in [0, 0.1) is 5.41 Å². The third kappa shape index (κ3) is 5.03. The van der Waals surface area contributed by atoms with Gasteiger partial charge in [0, 0.05) is 48.6 Å². The number of carbonyl (C=O) groups is 1. The van der Waals surface area contributed by atoms with Crippen LogP contribution in [0.3, 0.4) is 0 Å². The Balaban J connectivity index is 1.50. The van der Waals surface area contributed by atoms with E-state index in [1.165, 1.54) is 5.57 Å². The number of anilines is 1. The van der Waals surface area contributed by atoms with Crippen LogP contribution < -0.4 is 11.1 Å². The van der Waals surface area contributed by atoms with Gasteiger partial charge in [-0.15, -0.1) is 0 Å². The second-order valence-corrected chi connectivity index (χ2v) is 10.1. The summed E-state index contributed by atoms with van der Waals surface area (Å²) in [5.74, 6) is 0.394. The van der Waals surface area contributed by atoms with Gasteiger partial charge >= 0.3 is 0 Å². The smallest absolute Gasteiger partial charge is 0.223 e. The fourth-order valence-electron chi connectivity index (χ4n) is 4.42. The van der Waals surface area contributed by atoms with E-state index in [-0.39, 0.29) is 11.6 Å². The topological polar surface area (TPSA) is 124 Å². The third-order valence-electron chi connectivity index (χ3n) is 6.28. The van der Waals surface area contributed by atoms with Gasteiger partial charge in [0.25, 0.3) is 0 Å². The fraction of sp³-hybridized carbons (Fsp3) is 0.214. The summed E-state index contributed by atoms with van der Waals surface area (Å²) in [6.45, 7) is 4.51. The Morgan fingerprint density at radius 1 is 1.27 bits per heavy atom. The summed E-state index contributed by atoms with van der Waals surface area (Å²) >= 11 is 1.64. The van der Waals surface area contributed by atoms with Crippen LogP contribution in [-0.2, 0) is 11.2 Å².